The molecule has 5 nitrogen and oxygen atoms in total. The third-order valence-electron chi connectivity index (χ3n) is 3.46. The molecule has 1 rings (SSSR count). The predicted molar refractivity (Wildman–Crippen MR) is 73.0 cm³/mol. The van der Waals surface area contributed by atoms with Crippen molar-refractivity contribution in [2.75, 3.05) is 11.5 Å². The van der Waals surface area contributed by atoms with Crippen molar-refractivity contribution in [3.05, 3.63) is 0 Å². The Morgan fingerprint density at radius 3 is 2.50 bits per heavy atom. The van der Waals surface area contributed by atoms with Gasteiger partial charge in [-0.25, -0.2) is 9.59 Å². The number of hydrogen-bond acceptors (Lipinski definition) is 3. The molecule has 1 saturated heterocycles. The molecule has 0 bridgehead atoms. The molecule has 1 aliphatic rings. The highest BCUT2D eigenvalue weighted by Gasteiger charge is 2.36. The van der Waals surface area contributed by atoms with E-state index in [-0.39, 0.29) is 12.1 Å². The minimum absolute atomic E-state index is 0.156. The van der Waals surface area contributed by atoms with E-state index >= 15 is 0 Å². The number of rotatable bonds is 5. The van der Waals surface area contributed by atoms with Gasteiger partial charge in [0.2, 0.25) is 0 Å². The van der Waals surface area contributed by atoms with E-state index in [4.69, 9.17) is 0 Å². The van der Waals surface area contributed by atoms with Crippen LogP contribution >= 0.6 is 11.8 Å². The molecule has 1 heterocycles. The number of nitrogens with one attached hydrogen (secondary N) is 2. The fourth-order valence-electron chi connectivity index (χ4n) is 2.08. The molecule has 104 valence electrons. The van der Waals surface area contributed by atoms with E-state index in [2.05, 4.69) is 10.6 Å². The zero-order valence-electron chi connectivity index (χ0n) is 11.0. The molecule has 0 aromatic carbocycles. The predicted octanol–water partition coefficient (Wildman–Crippen LogP) is 1.82. The second kappa shape index (κ2) is 6.87. The molecular formula is C12H22N2O3S. The standard InChI is InChI=1S/C12H22N2O3S/c1-3-12(4-2,10(15)16)14-11(17)13-9-6-5-7-18-8-9/h9H,3-8H2,1-2H3,(H,15,16)(H2,13,14,17). The lowest BCUT2D eigenvalue weighted by molar-refractivity contribution is -0.144. The lowest BCUT2D eigenvalue weighted by Gasteiger charge is -2.30. The van der Waals surface area contributed by atoms with Crippen LogP contribution in [0.25, 0.3) is 0 Å². The van der Waals surface area contributed by atoms with Crippen LogP contribution in [0.4, 0.5) is 4.79 Å². The first-order valence-electron chi connectivity index (χ1n) is 6.44. The first-order valence-corrected chi connectivity index (χ1v) is 7.59. The summed E-state index contributed by atoms with van der Waals surface area (Å²) in [5, 5.41) is 14.7. The van der Waals surface area contributed by atoms with Crippen LogP contribution in [0.2, 0.25) is 0 Å². The van der Waals surface area contributed by atoms with E-state index in [0.717, 1.165) is 24.3 Å². The Morgan fingerprint density at radius 2 is 2.06 bits per heavy atom. The summed E-state index contributed by atoms with van der Waals surface area (Å²) >= 11 is 1.82. The average Bonchev–Trinajstić information content (AvgIpc) is 2.37. The molecule has 3 N–H and O–H groups in total. The summed E-state index contributed by atoms with van der Waals surface area (Å²) in [4.78, 5) is 23.1. The number of carbonyl (C=O) groups is 2. The molecule has 0 spiro atoms. The van der Waals surface area contributed by atoms with Gasteiger partial charge in [-0.3, -0.25) is 0 Å². The van der Waals surface area contributed by atoms with Crippen molar-refractivity contribution in [2.24, 2.45) is 0 Å². The van der Waals surface area contributed by atoms with Gasteiger partial charge in [0.25, 0.3) is 0 Å². The topological polar surface area (TPSA) is 78.4 Å². The lowest BCUT2D eigenvalue weighted by Crippen LogP contribution is -2.58. The van der Waals surface area contributed by atoms with Crippen molar-refractivity contribution in [2.45, 2.75) is 51.1 Å². The zero-order chi connectivity index (χ0) is 13.6. The summed E-state index contributed by atoms with van der Waals surface area (Å²) in [6.45, 7) is 3.54. The first-order chi connectivity index (χ1) is 8.54. The highest BCUT2D eigenvalue weighted by molar-refractivity contribution is 7.99. The van der Waals surface area contributed by atoms with Crippen LogP contribution in [0.5, 0.6) is 0 Å². The molecule has 1 atom stereocenters. The largest absolute Gasteiger partial charge is 0.480 e. The maximum absolute atomic E-state index is 11.9. The second-order valence-electron chi connectivity index (χ2n) is 4.61. The monoisotopic (exact) mass is 274 g/mol. The molecule has 0 aliphatic carbocycles. The Hall–Kier alpha value is -0.910. The number of thioether (sulfide) groups is 1. The molecule has 6 heteroatoms. The van der Waals surface area contributed by atoms with Gasteiger partial charge in [-0.2, -0.15) is 11.8 Å². The third-order valence-corrected chi connectivity index (χ3v) is 4.68. The van der Waals surface area contributed by atoms with E-state index in [1.54, 1.807) is 13.8 Å². The number of carbonyl (C=O) groups excluding carboxylic acids is 1. The molecule has 0 aromatic heterocycles. The maximum atomic E-state index is 11.9. The molecule has 1 aliphatic heterocycles. The van der Waals surface area contributed by atoms with Crippen molar-refractivity contribution in [3.8, 4) is 0 Å². The molecular weight excluding hydrogens is 252 g/mol. The van der Waals surface area contributed by atoms with Crippen LogP contribution in [0.3, 0.4) is 0 Å². The Labute approximate surface area is 112 Å². The summed E-state index contributed by atoms with van der Waals surface area (Å²) < 4.78 is 0. The van der Waals surface area contributed by atoms with Gasteiger partial charge in [0.15, 0.2) is 0 Å². The quantitative estimate of drug-likeness (QED) is 0.714. The molecule has 2 amide bonds. The van der Waals surface area contributed by atoms with Gasteiger partial charge in [-0.1, -0.05) is 13.8 Å². The lowest BCUT2D eigenvalue weighted by atomic mass is 9.93. The molecule has 1 fully saturated rings. The minimum atomic E-state index is -1.15. The van der Waals surface area contributed by atoms with E-state index in [1.165, 1.54) is 0 Å². The highest BCUT2D eigenvalue weighted by Crippen LogP contribution is 2.18. The van der Waals surface area contributed by atoms with Crippen molar-refractivity contribution >= 4 is 23.8 Å². The van der Waals surface area contributed by atoms with Crippen LogP contribution in [0, 0.1) is 0 Å². The van der Waals surface area contributed by atoms with E-state index in [0.29, 0.717) is 12.8 Å². The normalized spacial score (nSPS) is 20.2. The Kier molecular flexibility index (Phi) is 5.78. The number of carboxylic acids is 1. The van der Waals surface area contributed by atoms with Gasteiger partial charge in [0.05, 0.1) is 0 Å². The van der Waals surface area contributed by atoms with E-state index in [1.807, 2.05) is 11.8 Å². The molecule has 0 saturated carbocycles. The molecule has 0 aromatic rings. The van der Waals surface area contributed by atoms with Gasteiger partial charge in [-0.15, -0.1) is 0 Å². The summed E-state index contributed by atoms with van der Waals surface area (Å²) in [5.74, 6) is 1.08. The Balaban J connectivity index is 2.53. The van der Waals surface area contributed by atoms with E-state index in [9.17, 15) is 14.7 Å². The summed E-state index contributed by atoms with van der Waals surface area (Å²) in [7, 11) is 0. The molecule has 1 unspecified atom stereocenters. The van der Waals surface area contributed by atoms with E-state index < -0.39 is 11.5 Å². The van der Waals surface area contributed by atoms with Crippen LogP contribution in [-0.4, -0.2) is 40.2 Å². The summed E-state index contributed by atoms with van der Waals surface area (Å²) in [6, 6.07) is -0.211. The first kappa shape index (κ1) is 15.1. The van der Waals surface area contributed by atoms with Crippen molar-refractivity contribution in [1.82, 2.24) is 10.6 Å². The number of carboxylic acid groups (broad SMARTS) is 1. The number of hydrogen-bond donors (Lipinski definition) is 3. The van der Waals surface area contributed by atoms with Crippen molar-refractivity contribution < 1.29 is 14.7 Å². The SMILES string of the molecule is CCC(CC)(NC(=O)NC1CCCSC1)C(=O)O. The van der Waals surface area contributed by atoms with Gasteiger partial charge in [0.1, 0.15) is 5.54 Å². The van der Waals surface area contributed by atoms with Crippen molar-refractivity contribution in [3.63, 3.8) is 0 Å². The Morgan fingerprint density at radius 1 is 1.39 bits per heavy atom. The van der Waals surface area contributed by atoms with Gasteiger partial charge < -0.3 is 15.7 Å². The highest BCUT2D eigenvalue weighted by atomic mass is 32.2. The summed E-state index contributed by atoms with van der Waals surface area (Å²) in [6.07, 6.45) is 2.83. The van der Waals surface area contributed by atoms with Crippen LogP contribution in [0.1, 0.15) is 39.5 Å². The van der Waals surface area contributed by atoms with Gasteiger partial charge in [-0.05, 0) is 31.4 Å². The fourth-order valence-corrected chi connectivity index (χ4v) is 3.15. The third kappa shape index (κ3) is 3.80. The number of aliphatic carboxylic acids is 1. The van der Waals surface area contributed by atoms with Crippen LogP contribution in [-0.2, 0) is 4.79 Å². The minimum Gasteiger partial charge on any atom is -0.480 e. The maximum Gasteiger partial charge on any atom is 0.329 e. The van der Waals surface area contributed by atoms with Crippen LogP contribution in [0.15, 0.2) is 0 Å². The van der Waals surface area contributed by atoms with Crippen LogP contribution < -0.4 is 10.6 Å². The van der Waals surface area contributed by atoms with Gasteiger partial charge >= 0.3 is 12.0 Å². The smallest absolute Gasteiger partial charge is 0.329 e. The second-order valence-corrected chi connectivity index (χ2v) is 5.76. The summed E-state index contributed by atoms with van der Waals surface area (Å²) in [5.41, 5.74) is -1.15. The fraction of sp³-hybridized carbons (Fsp3) is 0.833. The number of urea groups is 1. The molecule has 18 heavy (non-hydrogen) atoms. The van der Waals surface area contributed by atoms with Crippen molar-refractivity contribution in [1.29, 1.82) is 0 Å². The number of amides is 2. The average molecular weight is 274 g/mol. The Bertz CT molecular complexity index is 300. The zero-order valence-corrected chi connectivity index (χ0v) is 11.8. The van der Waals surface area contributed by atoms with Gasteiger partial charge in [0, 0.05) is 11.8 Å². The molecule has 0 radical (unpaired) electrons.